The highest BCUT2D eigenvalue weighted by Crippen LogP contribution is 2.36. The number of pyridine rings is 1. The molecule has 8 nitrogen and oxygen atoms in total. The number of aromatic nitrogens is 5. The second-order valence-electron chi connectivity index (χ2n) is 8.93. The molecule has 2 atom stereocenters. The minimum Gasteiger partial charge on any atom is -0.352 e. The first-order valence-electron chi connectivity index (χ1n) is 11.6. The van der Waals surface area contributed by atoms with Crippen LogP contribution in [0, 0.1) is 18.3 Å². The van der Waals surface area contributed by atoms with Crippen LogP contribution in [0.15, 0.2) is 53.6 Å². The van der Waals surface area contributed by atoms with Gasteiger partial charge in [0.15, 0.2) is 5.82 Å². The molecule has 4 aromatic rings. The maximum Gasteiger partial charge on any atom is 0.349 e. The van der Waals surface area contributed by atoms with Gasteiger partial charge in [-0.2, -0.15) is 15.3 Å². The molecule has 8 heteroatoms. The summed E-state index contributed by atoms with van der Waals surface area (Å²) in [6.45, 7) is 5.01. The van der Waals surface area contributed by atoms with E-state index < -0.39 is 0 Å². The molecule has 3 aromatic heterocycles. The molecule has 0 amide bonds. The van der Waals surface area contributed by atoms with E-state index in [-0.39, 0.29) is 11.7 Å². The third-order valence-electron chi connectivity index (χ3n) is 6.95. The lowest BCUT2D eigenvalue weighted by Gasteiger charge is -2.40. The van der Waals surface area contributed by atoms with Crippen LogP contribution in [0.1, 0.15) is 48.9 Å². The zero-order valence-electron chi connectivity index (χ0n) is 19.6. The van der Waals surface area contributed by atoms with Gasteiger partial charge >= 0.3 is 5.69 Å². The summed E-state index contributed by atoms with van der Waals surface area (Å²) >= 11 is 0. The number of piperidine rings is 1. The van der Waals surface area contributed by atoms with Gasteiger partial charge < -0.3 is 4.90 Å². The number of hydrogen-bond donors (Lipinski definition) is 0. The largest absolute Gasteiger partial charge is 0.352 e. The Balaban J connectivity index is 1.47. The molecule has 172 valence electrons. The Morgan fingerprint density at radius 3 is 2.76 bits per heavy atom. The number of hydrogen-bond acceptors (Lipinski definition) is 6. The van der Waals surface area contributed by atoms with Gasteiger partial charge in [-0.05, 0) is 61.4 Å². The summed E-state index contributed by atoms with van der Waals surface area (Å²) in [5.74, 6) is 0.954. The SMILES string of the molecule is CC[C@@H]1C[C@@H](c2cnn(-c3ccccc3C)c2)CCN1c1nc(=O)n(C)c2ccc(C#N)nc12. The quantitative estimate of drug-likeness (QED) is 0.466. The highest BCUT2D eigenvalue weighted by molar-refractivity contribution is 5.86. The minimum absolute atomic E-state index is 0.205. The maximum atomic E-state index is 12.6. The van der Waals surface area contributed by atoms with Crippen molar-refractivity contribution in [3.05, 3.63) is 76.1 Å². The fourth-order valence-corrected chi connectivity index (χ4v) is 4.99. The molecular weight excluding hydrogens is 426 g/mol. The Bertz CT molecular complexity index is 1460. The Morgan fingerprint density at radius 2 is 2.00 bits per heavy atom. The second-order valence-corrected chi connectivity index (χ2v) is 8.93. The van der Waals surface area contributed by atoms with Crippen molar-refractivity contribution in [3.63, 3.8) is 0 Å². The molecule has 5 rings (SSSR count). The Kier molecular flexibility index (Phi) is 5.62. The third-order valence-corrected chi connectivity index (χ3v) is 6.95. The first kappa shape index (κ1) is 21.8. The minimum atomic E-state index is -0.314. The van der Waals surface area contributed by atoms with Gasteiger partial charge in [0, 0.05) is 25.8 Å². The van der Waals surface area contributed by atoms with E-state index >= 15 is 0 Å². The van der Waals surface area contributed by atoms with E-state index in [4.69, 9.17) is 0 Å². The molecule has 0 N–H and O–H groups in total. The van der Waals surface area contributed by atoms with E-state index in [0.717, 1.165) is 31.5 Å². The smallest absolute Gasteiger partial charge is 0.349 e. The summed E-state index contributed by atoms with van der Waals surface area (Å²) in [5.41, 5.74) is 4.80. The van der Waals surface area contributed by atoms with Crippen LogP contribution in [0.25, 0.3) is 16.7 Å². The normalized spacial score (nSPS) is 18.2. The van der Waals surface area contributed by atoms with Crippen LogP contribution in [0.4, 0.5) is 5.82 Å². The van der Waals surface area contributed by atoms with E-state index in [1.165, 1.54) is 15.7 Å². The van der Waals surface area contributed by atoms with Gasteiger partial charge in [-0.15, -0.1) is 0 Å². The van der Waals surface area contributed by atoms with Crippen LogP contribution >= 0.6 is 0 Å². The van der Waals surface area contributed by atoms with Crippen LogP contribution in [0.3, 0.4) is 0 Å². The first-order valence-corrected chi connectivity index (χ1v) is 11.6. The lowest BCUT2D eigenvalue weighted by Crippen LogP contribution is -2.43. The van der Waals surface area contributed by atoms with Crippen LogP contribution in [-0.4, -0.2) is 36.9 Å². The molecule has 1 aliphatic rings. The lowest BCUT2D eigenvalue weighted by molar-refractivity contribution is 0.402. The fraction of sp³-hybridized carbons (Fsp3) is 0.346. The first-order chi connectivity index (χ1) is 16.5. The van der Waals surface area contributed by atoms with Gasteiger partial charge in [0.05, 0.1) is 17.4 Å². The van der Waals surface area contributed by atoms with Crippen molar-refractivity contribution in [2.24, 2.45) is 7.05 Å². The van der Waals surface area contributed by atoms with Crippen molar-refractivity contribution < 1.29 is 0 Å². The summed E-state index contributed by atoms with van der Waals surface area (Å²) in [6, 6.07) is 14.0. The number of anilines is 1. The molecule has 1 fully saturated rings. The van der Waals surface area contributed by atoms with Gasteiger partial charge in [0.2, 0.25) is 0 Å². The maximum absolute atomic E-state index is 12.6. The van der Waals surface area contributed by atoms with Gasteiger partial charge in [-0.3, -0.25) is 4.57 Å². The third kappa shape index (κ3) is 3.73. The summed E-state index contributed by atoms with van der Waals surface area (Å²) in [5, 5.41) is 14.0. The molecule has 4 heterocycles. The molecule has 34 heavy (non-hydrogen) atoms. The standard InChI is InChI=1S/C26H27N7O/c1-4-21-13-18(19-15-28-33(16-19)22-8-6-5-7-17(22)2)11-12-32(21)25-24-23(31(3)26(34)30-25)10-9-20(14-27)29-24/h5-10,15-16,18,21H,4,11-13H2,1-3H3/t18-,21+/m0/s1. The summed E-state index contributed by atoms with van der Waals surface area (Å²) in [6.07, 6.45) is 6.89. The Hall–Kier alpha value is -3.99. The molecule has 1 aliphatic heterocycles. The molecule has 1 saturated heterocycles. The van der Waals surface area contributed by atoms with Crippen molar-refractivity contribution in [3.8, 4) is 11.8 Å². The average molecular weight is 454 g/mol. The molecular formula is C26H27N7O. The molecule has 0 radical (unpaired) electrons. The van der Waals surface area contributed by atoms with E-state index in [2.05, 4.69) is 58.2 Å². The molecule has 0 bridgehead atoms. The van der Waals surface area contributed by atoms with E-state index in [9.17, 15) is 10.1 Å². The molecule has 0 unspecified atom stereocenters. The highest BCUT2D eigenvalue weighted by atomic mass is 16.1. The fourth-order valence-electron chi connectivity index (χ4n) is 4.99. The van der Waals surface area contributed by atoms with Crippen molar-refractivity contribution in [2.45, 2.75) is 45.1 Å². The monoisotopic (exact) mass is 453 g/mol. The predicted molar refractivity (Wildman–Crippen MR) is 131 cm³/mol. The lowest BCUT2D eigenvalue weighted by atomic mass is 9.85. The summed E-state index contributed by atoms with van der Waals surface area (Å²) in [4.78, 5) is 23.7. The van der Waals surface area contributed by atoms with Gasteiger partial charge in [0.1, 0.15) is 17.3 Å². The molecule has 0 spiro atoms. The van der Waals surface area contributed by atoms with Gasteiger partial charge in [-0.1, -0.05) is 25.1 Å². The number of nitriles is 1. The van der Waals surface area contributed by atoms with Crippen LogP contribution in [0.5, 0.6) is 0 Å². The number of benzene rings is 1. The van der Waals surface area contributed by atoms with Gasteiger partial charge in [-0.25, -0.2) is 14.5 Å². The number of aryl methyl sites for hydroxylation is 2. The summed E-state index contributed by atoms with van der Waals surface area (Å²) in [7, 11) is 1.69. The predicted octanol–water partition coefficient (Wildman–Crippen LogP) is 3.86. The molecule has 1 aromatic carbocycles. The number of fused-ring (bicyclic) bond motifs is 1. The second kappa shape index (κ2) is 8.75. The average Bonchev–Trinajstić information content (AvgIpc) is 3.36. The van der Waals surface area contributed by atoms with Crippen molar-refractivity contribution >= 4 is 16.9 Å². The van der Waals surface area contributed by atoms with Gasteiger partial charge in [0.25, 0.3) is 0 Å². The molecule has 0 aliphatic carbocycles. The van der Waals surface area contributed by atoms with E-state index in [1.54, 1.807) is 19.2 Å². The Morgan fingerprint density at radius 1 is 1.18 bits per heavy atom. The Labute approximate surface area is 198 Å². The number of nitrogens with zero attached hydrogens (tertiary/aromatic N) is 7. The van der Waals surface area contributed by atoms with Crippen LogP contribution < -0.4 is 10.6 Å². The van der Waals surface area contributed by atoms with Crippen molar-refractivity contribution in [1.82, 2.24) is 24.3 Å². The highest BCUT2D eigenvalue weighted by Gasteiger charge is 2.31. The zero-order chi connectivity index (χ0) is 23.8. The number of rotatable bonds is 4. The van der Waals surface area contributed by atoms with Crippen LogP contribution in [0.2, 0.25) is 0 Å². The topological polar surface area (TPSA) is 92.6 Å². The van der Waals surface area contributed by atoms with E-state index in [0.29, 0.717) is 28.5 Å². The van der Waals surface area contributed by atoms with Crippen LogP contribution in [-0.2, 0) is 7.05 Å². The van der Waals surface area contributed by atoms with Crippen molar-refractivity contribution in [1.29, 1.82) is 5.26 Å². The number of para-hydroxylation sites is 1. The zero-order valence-corrected chi connectivity index (χ0v) is 19.6. The summed E-state index contributed by atoms with van der Waals surface area (Å²) < 4.78 is 3.45. The van der Waals surface area contributed by atoms with Crippen molar-refractivity contribution in [2.75, 3.05) is 11.4 Å². The molecule has 0 saturated carbocycles. The van der Waals surface area contributed by atoms with E-state index in [1.807, 2.05) is 23.0 Å².